The number of carbonyl (C=O) groups is 1. The van der Waals surface area contributed by atoms with Gasteiger partial charge in [0.05, 0.1) is 18.8 Å². The Kier molecular flexibility index (Phi) is 5.34. The van der Waals surface area contributed by atoms with Crippen molar-refractivity contribution in [3.8, 4) is 0 Å². The third kappa shape index (κ3) is 4.33. The first-order chi connectivity index (χ1) is 11.1. The molecule has 2 aliphatic rings. The van der Waals surface area contributed by atoms with Gasteiger partial charge in [-0.1, -0.05) is 37.5 Å². The number of benzene rings is 1. The molecule has 0 N–H and O–H groups in total. The van der Waals surface area contributed by atoms with Crippen molar-refractivity contribution in [1.29, 1.82) is 0 Å². The Hall–Kier alpha value is -1.39. The highest BCUT2D eigenvalue weighted by molar-refractivity contribution is 5.89. The van der Waals surface area contributed by atoms with Crippen LogP contribution in [0.1, 0.15) is 48.5 Å². The summed E-state index contributed by atoms with van der Waals surface area (Å²) in [5.41, 5.74) is 1.69. The van der Waals surface area contributed by atoms with Gasteiger partial charge >= 0.3 is 5.97 Å². The molecule has 3 rings (SSSR count). The summed E-state index contributed by atoms with van der Waals surface area (Å²) in [7, 11) is 0. The standard InChI is InChI=1S/C19H26O4/c1-13-3-7-15(8-4-13)18(20)23-17-11-21-19(22-12-17)16-9-5-14(2)6-10-16/h3-4,7-8,14,16-17,19H,5-6,9-12H2,1-2H3. The van der Waals surface area contributed by atoms with Gasteiger partial charge in [-0.2, -0.15) is 0 Å². The second-order valence-corrected chi connectivity index (χ2v) is 6.95. The minimum atomic E-state index is -0.317. The van der Waals surface area contributed by atoms with E-state index in [9.17, 15) is 4.79 Å². The van der Waals surface area contributed by atoms with Crippen molar-refractivity contribution >= 4 is 5.97 Å². The van der Waals surface area contributed by atoms with E-state index in [1.54, 1.807) is 12.1 Å². The van der Waals surface area contributed by atoms with Gasteiger partial charge in [-0.3, -0.25) is 0 Å². The molecule has 1 heterocycles. The van der Waals surface area contributed by atoms with Gasteiger partial charge in [-0.15, -0.1) is 0 Å². The van der Waals surface area contributed by atoms with Crippen LogP contribution in [0.15, 0.2) is 24.3 Å². The molecule has 0 unspecified atom stereocenters. The molecule has 0 bridgehead atoms. The van der Waals surface area contributed by atoms with Gasteiger partial charge in [0.2, 0.25) is 0 Å². The molecular weight excluding hydrogens is 292 g/mol. The van der Waals surface area contributed by atoms with E-state index < -0.39 is 0 Å². The van der Waals surface area contributed by atoms with Crippen LogP contribution in [0.4, 0.5) is 0 Å². The molecular formula is C19H26O4. The number of esters is 1. The van der Waals surface area contributed by atoms with E-state index in [1.165, 1.54) is 25.7 Å². The lowest BCUT2D eigenvalue weighted by atomic mass is 9.82. The van der Waals surface area contributed by atoms with Gasteiger partial charge in [-0.05, 0) is 37.8 Å². The molecule has 1 saturated heterocycles. The fourth-order valence-electron chi connectivity index (χ4n) is 3.31. The van der Waals surface area contributed by atoms with Gasteiger partial charge in [0.1, 0.15) is 6.10 Å². The highest BCUT2D eigenvalue weighted by atomic mass is 16.7. The largest absolute Gasteiger partial charge is 0.454 e. The summed E-state index contributed by atoms with van der Waals surface area (Å²) in [4.78, 5) is 12.1. The average molecular weight is 318 g/mol. The monoisotopic (exact) mass is 318 g/mol. The van der Waals surface area contributed by atoms with Crippen LogP contribution in [0.2, 0.25) is 0 Å². The maximum absolute atomic E-state index is 12.1. The quantitative estimate of drug-likeness (QED) is 0.797. The molecule has 23 heavy (non-hydrogen) atoms. The molecule has 0 amide bonds. The Morgan fingerprint density at radius 1 is 1.04 bits per heavy atom. The lowest BCUT2D eigenvalue weighted by Gasteiger charge is -2.36. The fourth-order valence-corrected chi connectivity index (χ4v) is 3.31. The average Bonchev–Trinajstić information content (AvgIpc) is 2.57. The van der Waals surface area contributed by atoms with Crippen molar-refractivity contribution in [1.82, 2.24) is 0 Å². The zero-order valence-corrected chi connectivity index (χ0v) is 14.0. The maximum atomic E-state index is 12.1. The van der Waals surface area contributed by atoms with E-state index in [0.29, 0.717) is 24.7 Å². The molecule has 1 aromatic rings. The van der Waals surface area contributed by atoms with Gasteiger partial charge in [0.15, 0.2) is 6.29 Å². The molecule has 1 aromatic carbocycles. The number of hydrogen-bond donors (Lipinski definition) is 0. The van der Waals surface area contributed by atoms with Crippen molar-refractivity contribution in [3.05, 3.63) is 35.4 Å². The van der Waals surface area contributed by atoms with Crippen LogP contribution < -0.4 is 0 Å². The summed E-state index contributed by atoms with van der Waals surface area (Å²) < 4.78 is 17.1. The molecule has 1 aliphatic heterocycles. The van der Waals surface area contributed by atoms with E-state index in [4.69, 9.17) is 14.2 Å². The molecule has 0 radical (unpaired) electrons. The topological polar surface area (TPSA) is 44.8 Å². The van der Waals surface area contributed by atoms with E-state index in [2.05, 4.69) is 6.92 Å². The van der Waals surface area contributed by atoms with E-state index in [0.717, 1.165) is 11.5 Å². The van der Waals surface area contributed by atoms with Gasteiger partial charge in [0, 0.05) is 5.92 Å². The number of rotatable bonds is 3. The third-order valence-corrected chi connectivity index (χ3v) is 4.90. The fraction of sp³-hybridized carbons (Fsp3) is 0.632. The molecule has 0 atom stereocenters. The molecule has 4 nitrogen and oxygen atoms in total. The van der Waals surface area contributed by atoms with E-state index in [-0.39, 0.29) is 18.4 Å². The zero-order chi connectivity index (χ0) is 16.2. The van der Waals surface area contributed by atoms with Crippen molar-refractivity contribution < 1.29 is 19.0 Å². The number of carbonyl (C=O) groups excluding carboxylic acids is 1. The summed E-state index contributed by atoms with van der Waals surface area (Å²) in [6.45, 7) is 5.14. The summed E-state index contributed by atoms with van der Waals surface area (Å²) in [5, 5.41) is 0. The summed E-state index contributed by atoms with van der Waals surface area (Å²) in [6, 6.07) is 7.39. The lowest BCUT2D eigenvalue weighted by molar-refractivity contribution is -0.241. The minimum Gasteiger partial charge on any atom is -0.454 e. The van der Waals surface area contributed by atoms with Crippen molar-refractivity contribution in [3.63, 3.8) is 0 Å². The number of hydrogen-bond acceptors (Lipinski definition) is 4. The molecule has 1 saturated carbocycles. The molecule has 0 spiro atoms. The maximum Gasteiger partial charge on any atom is 0.338 e. The Bertz CT molecular complexity index is 509. The summed E-state index contributed by atoms with van der Waals surface area (Å²) in [5.74, 6) is 0.991. The van der Waals surface area contributed by atoms with Gasteiger partial charge < -0.3 is 14.2 Å². The molecule has 2 fully saturated rings. The van der Waals surface area contributed by atoms with Crippen LogP contribution >= 0.6 is 0 Å². The zero-order valence-electron chi connectivity index (χ0n) is 14.0. The molecule has 1 aliphatic carbocycles. The van der Waals surface area contributed by atoms with Gasteiger partial charge in [0.25, 0.3) is 0 Å². The lowest BCUT2D eigenvalue weighted by Crippen LogP contribution is -2.42. The van der Waals surface area contributed by atoms with Crippen LogP contribution in [0.25, 0.3) is 0 Å². The Morgan fingerprint density at radius 2 is 1.65 bits per heavy atom. The van der Waals surface area contributed by atoms with Crippen LogP contribution in [-0.4, -0.2) is 31.6 Å². The molecule has 126 valence electrons. The van der Waals surface area contributed by atoms with E-state index >= 15 is 0 Å². The second kappa shape index (κ2) is 7.45. The predicted octanol–water partition coefficient (Wildman–Crippen LogP) is 3.72. The first-order valence-corrected chi connectivity index (χ1v) is 8.62. The van der Waals surface area contributed by atoms with Crippen LogP contribution in [0.3, 0.4) is 0 Å². The SMILES string of the molecule is Cc1ccc(C(=O)OC2COC(C3CCC(C)CC3)OC2)cc1. The highest BCUT2D eigenvalue weighted by Gasteiger charge is 2.32. The van der Waals surface area contributed by atoms with Crippen molar-refractivity contribution in [2.45, 2.75) is 51.9 Å². The molecule has 4 heteroatoms. The van der Waals surface area contributed by atoms with Crippen LogP contribution in [-0.2, 0) is 14.2 Å². The minimum absolute atomic E-state index is 0.128. The van der Waals surface area contributed by atoms with Crippen molar-refractivity contribution in [2.75, 3.05) is 13.2 Å². The van der Waals surface area contributed by atoms with Crippen LogP contribution in [0, 0.1) is 18.8 Å². The first kappa shape index (κ1) is 16.5. The van der Waals surface area contributed by atoms with Crippen LogP contribution in [0.5, 0.6) is 0 Å². The first-order valence-electron chi connectivity index (χ1n) is 8.62. The molecule has 0 aromatic heterocycles. The normalized spacial score (nSPS) is 31.6. The highest BCUT2D eigenvalue weighted by Crippen LogP contribution is 2.33. The Balaban J connectivity index is 1.45. The Morgan fingerprint density at radius 3 is 2.26 bits per heavy atom. The van der Waals surface area contributed by atoms with E-state index in [1.807, 2.05) is 19.1 Å². The summed E-state index contributed by atoms with van der Waals surface area (Å²) in [6.07, 6.45) is 4.39. The predicted molar refractivity (Wildman–Crippen MR) is 87.2 cm³/mol. The smallest absolute Gasteiger partial charge is 0.338 e. The summed E-state index contributed by atoms with van der Waals surface area (Å²) >= 11 is 0. The number of aryl methyl sites for hydroxylation is 1. The van der Waals surface area contributed by atoms with Crippen molar-refractivity contribution in [2.24, 2.45) is 11.8 Å². The Labute approximate surface area is 138 Å². The number of ether oxygens (including phenoxy) is 3. The van der Waals surface area contributed by atoms with Gasteiger partial charge in [-0.25, -0.2) is 4.79 Å². The second-order valence-electron chi connectivity index (χ2n) is 6.95. The third-order valence-electron chi connectivity index (χ3n) is 4.90.